The molecule has 27 heavy (non-hydrogen) atoms. The fourth-order valence-electron chi connectivity index (χ4n) is 4.34. The molecule has 144 valence electrons. The number of aryl methyl sites for hydroxylation is 2. The molecule has 0 saturated carbocycles. The molecule has 1 aliphatic heterocycles. The summed E-state index contributed by atoms with van der Waals surface area (Å²) in [5.74, 6) is 0.656. The molecule has 0 amide bonds. The number of halogens is 1. The van der Waals surface area contributed by atoms with Crippen molar-refractivity contribution in [1.29, 1.82) is 0 Å². The lowest BCUT2D eigenvalue weighted by molar-refractivity contribution is -0.0912. The van der Waals surface area contributed by atoms with E-state index >= 15 is 0 Å². The second kappa shape index (κ2) is 7.61. The van der Waals surface area contributed by atoms with E-state index in [1.807, 2.05) is 6.07 Å². The zero-order chi connectivity index (χ0) is 19.0. The fraction of sp³-hybridized carbons (Fsp3) is 0.478. The summed E-state index contributed by atoms with van der Waals surface area (Å²) in [4.78, 5) is 0. The van der Waals surface area contributed by atoms with Gasteiger partial charge in [0, 0.05) is 18.1 Å². The number of hydrogen-bond acceptors (Lipinski definition) is 3. The maximum absolute atomic E-state index is 14.8. The van der Waals surface area contributed by atoms with E-state index in [-0.39, 0.29) is 24.6 Å². The number of rotatable bonds is 5. The summed E-state index contributed by atoms with van der Waals surface area (Å²) in [7, 11) is 1.58. The van der Waals surface area contributed by atoms with Crippen molar-refractivity contribution in [2.75, 3.05) is 13.7 Å². The Morgan fingerprint density at radius 2 is 1.96 bits per heavy atom. The molecule has 3 unspecified atom stereocenters. The van der Waals surface area contributed by atoms with Gasteiger partial charge >= 0.3 is 0 Å². The van der Waals surface area contributed by atoms with E-state index in [0.29, 0.717) is 23.7 Å². The summed E-state index contributed by atoms with van der Waals surface area (Å²) in [6, 6.07) is 9.97. The molecule has 0 spiro atoms. The van der Waals surface area contributed by atoms with Gasteiger partial charge < -0.3 is 14.6 Å². The Morgan fingerprint density at radius 1 is 1.15 bits per heavy atom. The van der Waals surface area contributed by atoms with E-state index in [9.17, 15) is 9.50 Å². The summed E-state index contributed by atoms with van der Waals surface area (Å²) in [6.07, 6.45) is 4.04. The summed E-state index contributed by atoms with van der Waals surface area (Å²) in [5.41, 5.74) is 5.61. The van der Waals surface area contributed by atoms with Crippen LogP contribution in [0.5, 0.6) is 5.75 Å². The Kier molecular flexibility index (Phi) is 5.20. The van der Waals surface area contributed by atoms with Crippen molar-refractivity contribution in [3.05, 3.63) is 64.0 Å². The molecule has 1 heterocycles. The van der Waals surface area contributed by atoms with Crippen LogP contribution in [0.1, 0.15) is 53.7 Å². The average molecular weight is 370 g/mol. The van der Waals surface area contributed by atoms with Crippen molar-refractivity contribution >= 4 is 0 Å². The van der Waals surface area contributed by atoms with E-state index in [0.717, 1.165) is 24.8 Å². The first-order valence-electron chi connectivity index (χ1n) is 9.80. The van der Waals surface area contributed by atoms with E-state index in [1.165, 1.54) is 29.2 Å². The number of aliphatic hydroxyl groups is 1. The highest BCUT2D eigenvalue weighted by atomic mass is 19.1. The second-order valence-electron chi connectivity index (χ2n) is 7.97. The number of benzene rings is 2. The lowest BCUT2D eigenvalue weighted by Crippen LogP contribution is -2.30. The Balaban J connectivity index is 1.64. The van der Waals surface area contributed by atoms with Crippen molar-refractivity contribution in [2.45, 2.75) is 51.2 Å². The van der Waals surface area contributed by atoms with E-state index < -0.39 is 0 Å². The molecule has 2 aromatic rings. The van der Waals surface area contributed by atoms with Gasteiger partial charge in [0.25, 0.3) is 0 Å². The largest absolute Gasteiger partial charge is 0.496 e. The molecule has 4 heteroatoms. The Hall–Kier alpha value is -1.91. The molecule has 2 aromatic carbocycles. The zero-order valence-electron chi connectivity index (χ0n) is 16.0. The lowest BCUT2D eigenvalue weighted by atomic mass is 9.85. The summed E-state index contributed by atoms with van der Waals surface area (Å²) >= 11 is 0. The second-order valence-corrected chi connectivity index (χ2v) is 7.97. The summed E-state index contributed by atoms with van der Waals surface area (Å²) in [6.45, 7) is 2.10. The summed E-state index contributed by atoms with van der Waals surface area (Å²) in [5, 5.41) is 9.49. The fourth-order valence-corrected chi connectivity index (χ4v) is 4.34. The summed E-state index contributed by atoms with van der Waals surface area (Å²) < 4.78 is 26.2. The van der Waals surface area contributed by atoms with E-state index in [4.69, 9.17) is 9.47 Å². The first-order valence-corrected chi connectivity index (χ1v) is 9.80. The quantitative estimate of drug-likeness (QED) is 0.849. The molecule has 1 fully saturated rings. The van der Waals surface area contributed by atoms with Crippen molar-refractivity contribution in [3.8, 4) is 5.75 Å². The predicted molar refractivity (Wildman–Crippen MR) is 103 cm³/mol. The standard InChI is InChI=1S/C23H27FO3/c1-14-7-19(13-25)27-23(8-14)20-11-18(22(26-2)12-21(20)24)10-15-3-4-16-5-6-17(16)9-15/h3-4,9,11-12,14,19,23,25H,5-8,10,13H2,1-2H3. The first-order chi connectivity index (χ1) is 13.1. The molecular weight excluding hydrogens is 343 g/mol. The van der Waals surface area contributed by atoms with Crippen LogP contribution in [0.4, 0.5) is 4.39 Å². The van der Waals surface area contributed by atoms with Crippen LogP contribution in [-0.2, 0) is 24.0 Å². The molecule has 0 bridgehead atoms. The predicted octanol–water partition coefficient (Wildman–Crippen LogP) is 4.37. The zero-order valence-corrected chi connectivity index (χ0v) is 16.0. The normalized spacial score (nSPS) is 24.2. The highest BCUT2D eigenvalue weighted by Gasteiger charge is 2.30. The Bertz CT molecular complexity index is 833. The monoisotopic (exact) mass is 370 g/mol. The first kappa shape index (κ1) is 18.5. The van der Waals surface area contributed by atoms with Gasteiger partial charge in [0.05, 0.1) is 25.9 Å². The van der Waals surface area contributed by atoms with Crippen LogP contribution >= 0.6 is 0 Å². The third-order valence-electron chi connectivity index (χ3n) is 5.92. The lowest BCUT2D eigenvalue weighted by Gasteiger charge is -2.33. The van der Waals surface area contributed by atoms with Gasteiger partial charge in [0.1, 0.15) is 11.6 Å². The molecule has 0 aromatic heterocycles. The average Bonchev–Trinajstić information content (AvgIpc) is 2.64. The van der Waals surface area contributed by atoms with Crippen molar-refractivity contribution in [2.24, 2.45) is 5.92 Å². The van der Waals surface area contributed by atoms with Gasteiger partial charge in [-0.15, -0.1) is 0 Å². The molecule has 0 radical (unpaired) electrons. The van der Waals surface area contributed by atoms with Crippen LogP contribution in [0.3, 0.4) is 0 Å². The number of aliphatic hydroxyl groups excluding tert-OH is 1. The van der Waals surface area contributed by atoms with Crippen LogP contribution < -0.4 is 4.74 Å². The maximum Gasteiger partial charge on any atom is 0.132 e. The number of ether oxygens (including phenoxy) is 2. The van der Waals surface area contributed by atoms with Gasteiger partial charge in [-0.25, -0.2) is 4.39 Å². The third-order valence-corrected chi connectivity index (χ3v) is 5.92. The van der Waals surface area contributed by atoms with Crippen LogP contribution in [0.25, 0.3) is 0 Å². The number of fused-ring (bicyclic) bond motifs is 1. The van der Waals surface area contributed by atoms with Crippen molar-refractivity contribution in [3.63, 3.8) is 0 Å². The van der Waals surface area contributed by atoms with Gasteiger partial charge in [-0.2, -0.15) is 0 Å². The van der Waals surface area contributed by atoms with Gasteiger partial charge in [0.15, 0.2) is 0 Å². The molecule has 1 saturated heterocycles. The molecule has 1 N–H and O–H groups in total. The highest BCUT2D eigenvalue weighted by Crippen LogP contribution is 2.38. The minimum absolute atomic E-state index is 0.0272. The van der Waals surface area contributed by atoms with Crippen LogP contribution in [0.2, 0.25) is 0 Å². The van der Waals surface area contributed by atoms with Crippen molar-refractivity contribution in [1.82, 2.24) is 0 Å². The van der Waals surface area contributed by atoms with Crippen LogP contribution in [-0.4, -0.2) is 24.9 Å². The Morgan fingerprint density at radius 3 is 2.63 bits per heavy atom. The number of hydrogen-bond donors (Lipinski definition) is 1. The minimum atomic E-state index is -0.327. The van der Waals surface area contributed by atoms with Gasteiger partial charge in [-0.3, -0.25) is 0 Å². The Labute approximate surface area is 160 Å². The van der Waals surface area contributed by atoms with Gasteiger partial charge in [-0.05, 0) is 59.9 Å². The number of methoxy groups -OCH3 is 1. The van der Waals surface area contributed by atoms with Crippen molar-refractivity contribution < 1.29 is 19.0 Å². The molecule has 3 atom stereocenters. The topological polar surface area (TPSA) is 38.7 Å². The van der Waals surface area contributed by atoms with Crippen LogP contribution in [0, 0.1) is 11.7 Å². The van der Waals surface area contributed by atoms with Gasteiger partial charge in [0.2, 0.25) is 0 Å². The molecule has 4 rings (SSSR count). The van der Waals surface area contributed by atoms with E-state index in [2.05, 4.69) is 25.1 Å². The van der Waals surface area contributed by atoms with E-state index in [1.54, 1.807) is 7.11 Å². The molecule has 1 aliphatic carbocycles. The third kappa shape index (κ3) is 3.74. The maximum atomic E-state index is 14.8. The van der Waals surface area contributed by atoms with Crippen LogP contribution in [0.15, 0.2) is 30.3 Å². The SMILES string of the molecule is COc1cc(F)c(C2CC(C)CC(CO)O2)cc1Cc1ccc2c(c1)CC2. The smallest absolute Gasteiger partial charge is 0.132 e. The molecule has 2 aliphatic rings. The highest BCUT2D eigenvalue weighted by molar-refractivity contribution is 5.45. The van der Waals surface area contributed by atoms with Gasteiger partial charge in [-0.1, -0.05) is 25.1 Å². The molecule has 3 nitrogen and oxygen atoms in total. The minimum Gasteiger partial charge on any atom is -0.496 e. The molecular formula is C23H27FO3.